The molecule has 0 saturated carbocycles. The molecule has 0 aliphatic rings. The van der Waals surface area contributed by atoms with Gasteiger partial charge < -0.3 is 10.6 Å². The summed E-state index contributed by atoms with van der Waals surface area (Å²) < 4.78 is 0. The van der Waals surface area contributed by atoms with Crippen LogP contribution in [0.15, 0.2) is 18.2 Å². The normalized spacial score (nSPS) is 13.1. The molecule has 17 heavy (non-hydrogen) atoms. The fraction of sp³-hybridized carbons (Fsp3) is 0.600. The van der Waals surface area contributed by atoms with E-state index >= 15 is 0 Å². The quantitative estimate of drug-likeness (QED) is 0.819. The molecular formula is C15H26N2. The minimum absolute atomic E-state index is 0.121. The fourth-order valence-electron chi connectivity index (χ4n) is 2.18. The highest BCUT2D eigenvalue weighted by molar-refractivity contribution is 5.30. The third-order valence-electron chi connectivity index (χ3n) is 3.07. The van der Waals surface area contributed by atoms with Gasteiger partial charge in [-0.2, -0.15) is 0 Å². The van der Waals surface area contributed by atoms with Gasteiger partial charge in [-0.05, 0) is 39.4 Å². The fourth-order valence-corrected chi connectivity index (χ4v) is 2.18. The van der Waals surface area contributed by atoms with Crippen molar-refractivity contribution < 1.29 is 0 Å². The van der Waals surface area contributed by atoms with E-state index in [2.05, 4.69) is 50.9 Å². The summed E-state index contributed by atoms with van der Waals surface area (Å²) >= 11 is 0. The lowest BCUT2D eigenvalue weighted by atomic mass is 10.0. The number of nitrogens with zero attached hydrogens (tertiary/aromatic N) is 1. The van der Waals surface area contributed by atoms with Crippen molar-refractivity contribution in [2.24, 2.45) is 5.73 Å². The van der Waals surface area contributed by atoms with Crippen molar-refractivity contribution in [1.29, 1.82) is 0 Å². The summed E-state index contributed by atoms with van der Waals surface area (Å²) in [5, 5.41) is 0. The van der Waals surface area contributed by atoms with Crippen molar-refractivity contribution in [3.05, 3.63) is 34.9 Å². The van der Waals surface area contributed by atoms with Crippen molar-refractivity contribution in [2.45, 2.75) is 39.7 Å². The van der Waals surface area contributed by atoms with Crippen LogP contribution in [0.2, 0.25) is 0 Å². The van der Waals surface area contributed by atoms with E-state index in [9.17, 15) is 0 Å². The molecule has 2 nitrogen and oxygen atoms in total. The zero-order chi connectivity index (χ0) is 12.8. The highest BCUT2D eigenvalue weighted by Crippen LogP contribution is 2.16. The molecule has 0 bridgehead atoms. The van der Waals surface area contributed by atoms with Crippen LogP contribution in [0.3, 0.4) is 0 Å². The third-order valence-corrected chi connectivity index (χ3v) is 3.07. The summed E-state index contributed by atoms with van der Waals surface area (Å²) in [6.07, 6.45) is 2.49. The average molecular weight is 234 g/mol. The van der Waals surface area contributed by atoms with E-state index in [1.807, 2.05) is 0 Å². The number of aryl methyl sites for hydroxylation is 2. The van der Waals surface area contributed by atoms with Gasteiger partial charge in [0.25, 0.3) is 0 Å². The second-order valence-electron chi connectivity index (χ2n) is 5.14. The second kappa shape index (κ2) is 6.77. The molecule has 0 aromatic heterocycles. The van der Waals surface area contributed by atoms with Gasteiger partial charge in [0.2, 0.25) is 0 Å². The first-order chi connectivity index (χ1) is 8.02. The number of hydrogen-bond donors (Lipinski definition) is 1. The zero-order valence-electron chi connectivity index (χ0n) is 11.7. The van der Waals surface area contributed by atoms with Crippen LogP contribution in [0, 0.1) is 13.8 Å². The molecule has 0 heterocycles. The van der Waals surface area contributed by atoms with Crippen LogP contribution < -0.4 is 5.73 Å². The number of likely N-dealkylation sites (N-methyl/N-ethyl adjacent to an activating group) is 1. The smallest absolute Gasteiger partial charge is 0.0424 e. The highest BCUT2D eigenvalue weighted by atomic mass is 15.1. The first kappa shape index (κ1) is 14.2. The summed E-state index contributed by atoms with van der Waals surface area (Å²) in [6, 6.07) is 6.71. The van der Waals surface area contributed by atoms with E-state index in [1.54, 1.807) is 0 Å². The van der Waals surface area contributed by atoms with Gasteiger partial charge >= 0.3 is 0 Å². The highest BCUT2D eigenvalue weighted by Gasteiger charge is 2.09. The molecule has 1 aromatic carbocycles. The SMILES string of the molecule is CCCCN(C)CC(N)c1cc(C)cc(C)c1. The maximum atomic E-state index is 6.26. The summed E-state index contributed by atoms with van der Waals surface area (Å²) in [6.45, 7) is 8.55. The molecule has 0 aliphatic carbocycles. The number of hydrogen-bond acceptors (Lipinski definition) is 2. The Morgan fingerprint density at radius 1 is 1.18 bits per heavy atom. The predicted octanol–water partition coefficient (Wildman–Crippen LogP) is 3.04. The summed E-state index contributed by atoms with van der Waals surface area (Å²) in [5.41, 5.74) is 10.1. The summed E-state index contributed by atoms with van der Waals surface area (Å²) in [4.78, 5) is 2.33. The first-order valence-electron chi connectivity index (χ1n) is 6.55. The van der Waals surface area contributed by atoms with Gasteiger partial charge in [0, 0.05) is 12.6 Å². The van der Waals surface area contributed by atoms with Crippen LogP contribution in [-0.4, -0.2) is 25.0 Å². The molecule has 0 radical (unpaired) electrons. The Labute approximate surface area is 106 Å². The van der Waals surface area contributed by atoms with E-state index in [0.29, 0.717) is 0 Å². The topological polar surface area (TPSA) is 29.3 Å². The van der Waals surface area contributed by atoms with Crippen molar-refractivity contribution >= 4 is 0 Å². The van der Waals surface area contributed by atoms with Gasteiger partial charge in [-0.1, -0.05) is 42.7 Å². The molecule has 96 valence electrons. The van der Waals surface area contributed by atoms with Gasteiger partial charge in [-0.3, -0.25) is 0 Å². The Hall–Kier alpha value is -0.860. The molecule has 0 amide bonds. The number of nitrogens with two attached hydrogens (primary N) is 1. The molecule has 1 rings (SSSR count). The standard InChI is InChI=1S/C15H26N2/c1-5-6-7-17(4)11-15(16)14-9-12(2)8-13(3)10-14/h8-10,15H,5-7,11,16H2,1-4H3. The third kappa shape index (κ3) is 4.88. The van der Waals surface area contributed by atoms with Crippen LogP contribution in [0.4, 0.5) is 0 Å². The molecular weight excluding hydrogens is 208 g/mol. The average Bonchev–Trinajstić information content (AvgIpc) is 2.25. The molecule has 1 unspecified atom stereocenters. The molecule has 0 spiro atoms. The van der Waals surface area contributed by atoms with Gasteiger partial charge in [0.15, 0.2) is 0 Å². The summed E-state index contributed by atoms with van der Waals surface area (Å²) in [7, 11) is 2.15. The molecule has 0 aliphatic heterocycles. The summed E-state index contributed by atoms with van der Waals surface area (Å²) in [5.74, 6) is 0. The Morgan fingerprint density at radius 2 is 1.76 bits per heavy atom. The van der Waals surface area contributed by atoms with E-state index < -0.39 is 0 Å². The van der Waals surface area contributed by atoms with E-state index in [-0.39, 0.29) is 6.04 Å². The lowest BCUT2D eigenvalue weighted by Crippen LogP contribution is -2.29. The zero-order valence-corrected chi connectivity index (χ0v) is 11.7. The Kier molecular flexibility index (Phi) is 5.66. The number of unbranched alkanes of at least 4 members (excludes halogenated alkanes) is 1. The van der Waals surface area contributed by atoms with Gasteiger partial charge in [-0.25, -0.2) is 0 Å². The maximum absolute atomic E-state index is 6.26. The van der Waals surface area contributed by atoms with Crippen molar-refractivity contribution in [2.75, 3.05) is 20.1 Å². The van der Waals surface area contributed by atoms with Gasteiger partial charge in [0.1, 0.15) is 0 Å². The monoisotopic (exact) mass is 234 g/mol. The van der Waals surface area contributed by atoms with E-state index in [1.165, 1.54) is 29.5 Å². The molecule has 0 saturated heterocycles. The minimum atomic E-state index is 0.121. The minimum Gasteiger partial charge on any atom is -0.323 e. The Morgan fingerprint density at radius 3 is 2.29 bits per heavy atom. The van der Waals surface area contributed by atoms with Crippen molar-refractivity contribution in [3.63, 3.8) is 0 Å². The molecule has 0 fully saturated rings. The molecule has 2 heteroatoms. The van der Waals surface area contributed by atoms with E-state index in [0.717, 1.165) is 13.1 Å². The first-order valence-corrected chi connectivity index (χ1v) is 6.55. The predicted molar refractivity (Wildman–Crippen MR) is 75.2 cm³/mol. The van der Waals surface area contributed by atoms with Crippen molar-refractivity contribution in [1.82, 2.24) is 4.90 Å². The van der Waals surface area contributed by atoms with Gasteiger partial charge in [0.05, 0.1) is 0 Å². The molecule has 1 aromatic rings. The van der Waals surface area contributed by atoms with Crippen LogP contribution in [0.5, 0.6) is 0 Å². The maximum Gasteiger partial charge on any atom is 0.0424 e. The van der Waals surface area contributed by atoms with Crippen LogP contribution in [-0.2, 0) is 0 Å². The lowest BCUT2D eigenvalue weighted by molar-refractivity contribution is 0.307. The molecule has 2 N–H and O–H groups in total. The van der Waals surface area contributed by atoms with Crippen molar-refractivity contribution in [3.8, 4) is 0 Å². The Balaban J connectivity index is 2.59. The van der Waals surface area contributed by atoms with Crippen LogP contribution >= 0.6 is 0 Å². The largest absolute Gasteiger partial charge is 0.323 e. The van der Waals surface area contributed by atoms with E-state index in [4.69, 9.17) is 5.73 Å². The Bertz CT molecular complexity index is 327. The number of rotatable bonds is 6. The van der Waals surface area contributed by atoms with Crippen LogP contribution in [0.1, 0.15) is 42.5 Å². The second-order valence-corrected chi connectivity index (χ2v) is 5.14. The van der Waals surface area contributed by atoms with Crippen LogP contribution in [0.25, 0.3) is 0 Å². The molecule has 1 atom stereocenters. The lowest BCUT2D eigenvalue weighted by Gasteiger charge is -2.22. The number of benzene rings is 1. The van der Waals surface area contributed by atoms with Gasteiger partial charge in [-0.15, -0.1) is 0 Å².